The number of aromatic nitrogens is 1. The van der Waals surface area contributed by atoms with Gasteiger partial charge in [-0.1, -0.05) is 6.07 Å². The lowest BCUT2D eigenvalue weighted by Gasteiger charge is -2.24. The number of likely N-dealkylation sites (tertiary alicyclic amines) is 1. The van der Waals surface area contributed by atoms with Gasteiger partial charge in [0.2, 0.25) is 0 Å². The Morgan fingerprint density at radius 1 is 1.45 bits per heavy atom. The summed E-state index contributed by atoms with van der Waals surface area (Å²) < 4.78 is 17.6. The monoisotopic (exact) mass is 324 g/mol. The van der Waals surface area contributed by atoms with E-state index in [4.69, 9.17) is 4.74 Å². The number of carbonyl (C=O) groups excluding carboxylic acids is 1. The molecule has 0 spiro atoms. The van der Waals surface area contributed by atoms with Gasteiger partial charge in [-0.2, -0.15) is 0 Å². The molecule has 2 rings (SSSR count). The SMILES string of the molecule is CC(C)(C)OC(=O)N1CC[C@@H](C[S@@](=O)Cc2ccccn2)C1. The van der Waals surface area contributed by atoms with E-state index in [1.807, 2.05) is 39.0 Å². The highest BCUT2D eigenvalue weighted by Crippen LogP contribution is 2.20. The van der Waals surface area contributed by atoms with Gasteiger partial charge in [0.25, 0.3) is 0 Å². The summed E-state index contributed by atoms with van der Waals surface area (Å²) in [6.45, 7) is 6.89. The second-order valence-electron chi connectivity index (χ2n) is 6.65. The van der Waals surface area contributed by atoms with Crippen LogP contribution in [0.2, 0.25) is 0 Å². The summed E-state index contributed by atoms with van der Waals surface area (Å²) in [5.74, 6) is 1.36. The van der Waals surface area contributed by atoms with E-state index < -0.39 is 16.4 Å². The standard InChI is InChI=1S/C16H24N2O3S/c1-16(2,3)21-15(19)18-9-7-13(10-18)11-22(20)12-14-6-4-5-8-17-14/h4-6,8,13H,7,9-12H2,1-3H3/t13-,22-/m1/s1. The highest BCUT2D eigenvalue weighted by atomic mass is 32.2. The lowest BCUT2D eigenvalue weighted by atomic mass is 10.2. The Kier molecular flexibility index (Phi) is 5.56. The molecular weight excluding hydrogens is 300 g/mol. The molecule has 0 aromatic carbocycles. The molecule has 22 heavy (non-hydrogen) atoms. The Labute approximate surface area is 134 Å². The second-order valence-corrected chi connectivity index (χ2v) is 8.15. The van der Waals surface area contributed by atoms with Crippen LogP contribution >= 0.6 is 0 Å². The minimum atomic E-state index is -0.949. The maximum atomic E-state index is 12.2. The van der Waals surface area contributed by atoms with Crippen molar-refractivity contribution >= 4 is 16.9 Å². The van der Waals surface area contributed by atoms with Gasteiger partial charge in [0, 0.05) is 35.8 Å². The Balaban J connectivity index is 1.79. The van der Waals surface area contributed by atoms with Crippen molar-refractivity contribution in [1.29, 1.82) is 0 Å². The summed E-state index contributed by atoms with van der Waals surface area (Å²) in [7, 11) is -0.949. The van der Waals surface area contributed by atoms with Crippen LogP contribution in [0.4, 0.5) is 4.79 Å². The minimum absolute atomic E-state index is 0.273. The first-order valence-corrected chi connectivity index (χ1v) is 9.05. The van der Waals surface area contributed by atoms with Crippen LogP contribution in [-0.4, -0.2) is 44.6 Å². The number of hydrogen-bond donors (Lipinski definition) is 0. The quantitative estimate of drug-likeness (QED) is 0.854. The molecular formula is C16H24N2O3S. The van der Waals surface area contributed by atoms with E-state index in [9.17, 15) is 9.00 Å². The zero-order chi connectivity index (χ0) is 16.2. The number of rotatable bonds is 4. The molecule has 6 heteroatoms. The Bertz CT molecular complexity index is 528. The fraction of sp³-hybridized carbons (Fsp3) is 0.625. The Morgan fingerprint density at radius 2 is 2.23 bits per heavy atom. The predicted molar refractivity (Wildman–Crippen MR) is 86.9 cm³/mol. The molecule has 2 atom stereocenters. The van der Waals surface area contributed by atoms with E-state index in [0.29, 0.717) is 24.6 Å². The maximum Gasteiger partial charge on any atom is 0.410 e. The van der Waals surface area contributed by atoms with Crippen LogP contribution in [0.15, 0.2) is 24.4 Å². The molecule has 0 radical (unpaired) electrons. The molecule has 5 nitrogen and oxygen atoms in total. The number of hydrogen-bond acceptors (Lipinski definition) is 4. The minimum Gasteiger partial charge on any atom is -0.444 e. The molecule has 1 aliphatic heterocycles. The van der Waals surface area contributed by atoms with E-state index in [1.165, 1.54) is 0 Å². The van der Waals surface area contributed by atoms with E-state index >= 15 is 0 Å². The summed E-state index contributed by atoms with van der Waals surface area (Å²) in [5.41, 5.74) is 0.375. The van der Waals surface area contributed by atoms with Crippen molar-refractivity contribution in [3.8, 4) is 0 Å². The van der Waals surface area contributed by atoms with Crippen molar-refractivity contribution in [1.82, 2.24) is 9.88 Å². The first kappa shape index (κ1) is 16.9. The summed E-state index contributed by atoms with van der Waals surface area (Å²) in [6, 6.07) is 5.64. The molecule has 1 fully saturated rings. The fourth-order valence-electron chi connectivity index (χ4n) is 2.43. The van der Waals surface area contributed by atoms with E-state index in [1.54, 1.807) is 11.1 Å². The summed E-state index contributed by atoms with van der Waals surface area (Å²) >= 11 is 0. The Morgan fingerprint density at radius 3 is 2.86 bits per heavy atom. The molecule has 0 unspecified atom stereocenters. The van der Waals surface area contributed by atoms with E-state index in [0.717, 1.165) is 12.1 Å². The van der Waals surface area contributed by atoms with Crippen LogP contribution in [0.25, 0.3) is 0 Å². The van der Waals surface area contributed by atoms with Gasteiger partial charge >= 0.3 is 6.09 Å². The summed E-state index contributed by atoms with van der Waals surface area (Å²) in [5, 5.41) is 0. The van der Waals surface area contributed by atoms with Crippen molar-refractivity contribution < 1.29 is 13.7 Å². The van der Waals surface area contributed by atoms with Crippen molar-refractivity contribution in [2.75, 3.05) is 18.8 Å². The topological polar surface area (TPSA) is 59.5 Å². The Hall–Kier alpha value is -1.43. The number of nitrogens with zero attached hydrogens (tertiary/aromatic N) is 2. The molecule has 0 aliphatic carbocycles. The molecule has 2 heterocycles. The first-order valence-electron chi connectivity index (χ1n) is 7.56. The van der Waals surface area contributed by atoms with Crippen LogP contribution < -0.4 is 0 Å². The van der Waals surface area contributed by atoms with Crippen LogP contribution in [0.5, 0.6) is 0 Å². The lowest BCUT2D eigenvalue weighted by molar-refractivity contribution is 0.0289. The van der Waals surface area contributed by atoms with Crippen molar-refractivity contribution in [3.63, 3.8) is 0 Å². The zero-order valence-electron chi connectivity index (χ0n) is 13.4. The molecule has 1 aromatic rings. The largest absolute Gasteiger partial charge is 0.444 e. The first-order chi connectivity index (χ1) is 10.3. The molecule has 1 aliphatic rings. The van der Waals surface area contributed by atoms with E-state index in [-0.39, 0.29) is 12.0 Å². The number of pyridine rings is 1. The highest BCUT2D eigenvalue weighted by Gasteiger charge is 2.30. The van der Waals surface area contributed by atoms with Crippen LogP contribution in [-0.2, 0) is 21.3 Å². The summed E-state index contributed by atoms with van der Waals surface area (Å²) in [4.78, 5) is 17.9. The third kappa shape index (κ3) is 5.40. The normalized spacial score (nSPS) is 20.0. The average Bonchev–Trinajstić information content (AvgIpc) is 2.86. The second kappa shape index (κ2) is 7.22. The number of ether oxygens (including phenoxy) is 1. The van der Waals surface area contributed by atoms with Gasteiger partial charge in [-0.25, -0.2) is 4.79 Å². The van der Waals surface area contributed by atoms with Gasteiger partial charge in [0.05, 0.1) is 11.4 Å². The van der Waals surface area contributed by atoms with Gasteiger partial charge < -0.3 is 9.64 Å². The molecule has 0 N–H and O–H groups in total. The lowest BCUT2D eigenvalue weighted by Crippen LogP contribution is -2.35. The average molecular weight is 324 g/mol. The third-order valence-corrected chi connectivity index (χ3v) is 4.86. The smallest absolute Gasteiger partial charge is 0.410 e. The van der Waals surface area contributed by atoms with Crippen LogP contribution in [0.3, 0.4) is 0 Å². The number of amides is 1. The van der Waals surface area contributed by atoms with Crippen molar-refractivity contribution in [3.05, 3.63) is 30.1 Å². The van der Waals surface area contributed by atoms with E-state index in [2.05, 4.69) is 4.98 Å². The maximum absolute atomic E-state index is 12.2. The molecule has 0 bridgehead atoms. The van der Waals surface area contributed by atoms with Gasteiger partial charge in [-0.05, 0) is 45.2 Å². The van der Waals surface area contributed by atoms with Gasteiger partial charge in [-0.15, -0.1) is 0 Å². The van der Waals surface area contributed by atoms with Gasteiger partial charge in [0.1, 0.15) is 5.60 Å². The zero-order valence-corrected chi connectivity index (χ0v) is 14.3. The molecule has 122 valence electrons. The van der Waals surface area contributed by atoms with Crippen molar-refractivity contribution in [2.24, 2.45) is 5.92 Å². The molecule has 1 amide bonds. The molecule has 1 aromatic heterocycles. The van der Waals surface area contributed by atoms with Crippen molar-refractivity contribution in [2.45, 2.75) is 38.5 Å². The fourth-order valence-corrected chi connectivity index (χ4v) is 3.85. The van der Waals surface area contributed by atoms with Gasteiger partial charge in [-0.3, -0.25) is 9.19 Å². The highest BCUT2D eigenvalue weighted by molar-refractivity contribution is 7.84. The van der Waals surface area contributed by atoms with Gasteiger partial charge in [0.15, 0.2) is 0 Å². The van der Waals surface area contributed by atoms with Crippen LogP contribution in [0.1, 0.15) is 32.9 Å². The predicted octanol–water partition coefficient (Wildman–Crippen LogP) is 2.59. The summed E-state index contributed by atoms with van der Waals surface area (Å²) in [6.07, 6.45) is 2.32. The molecule has 1 saturated heterocycles. The number of carbonyl (C=O) groups is 1. The molecule has 0 saturated carbocycles. The van der Waals surface area contributed by atoms with Crippen LogP contribution in [0, 0.1) is 5.92 Å². The third-order valence-electron chi connectivity index (χ3n) is 3.39.